The molecule has 1 atom stereocenters. The fraction of sp³-hybridized carbons (Fsp3) is 0.154. The first-order valence-electron chi connectivity index (χ1n) is 10.6. The van der Waals surface area contributed by atoms with Crippen molar-refractivity contribution in [1.82, 2.24) is 9.88 Å². The van der Waals surface area contributed by atoms with Gasteiger partial charge in [0, 0.05) is 23.2 Å². The normalized spacial score (nSPS) is 15.1. The van der Waals surface area contributed by atoms with Crippen LogP contribution in [0.4, 0.5) is 5.69 Å². The number of nitrogens with zero attached hydrogens (tertiary/aromatic N) is 2. The van der Waals surface area contributed by atoms with Crippen molar-refractivity contribution >= 4 is 23.4 Å². The summed E-state index contributed by atoms with van der Waals surface area (Å²) in [7, 11) is 1.67. The Balaban J connectivity index is 1.49. The molecule has 0 aliphatic carbocycles. The molecule has 1 amide bonds. The van der Waals surface area contributed by atoms with Gasteiger partial charge in [0.2, 0.25) is 0 Å². The highest BCUT2D eigenvalue weighted by molar-refractivity contribution is 7.98. The predicted octanol–water partition coefficient (Wildman–Crippen LogP) is 5.74. The number of hydrogen-bond donors (Lipinski definition) is 1. The molecular weight excluding hydrogens is 434 g/mol. The lowest BCUT2D eigenvalue weighted by Gasteiger charge is -2.38. The second-order valence-electron chi connectivity index (χ2n) is 7.63. The molecule has 166 valence electrons. The minimum atomic E-state index is -0.345. The van der Waals surface area contributed by atoms with E-state index in [1.807, 2.05) is 66.7 Å². The smallest absolute Gasteiger partial charge is 0.258 e. The Labute approximate surface area is 196 Å². The Kier molecular flexibility index (Phi) is 6.04. The molecule has 0 bridgehead atoms. The Morgan fingerprint density at radius 2 is 1.97 bits per heavy atom. The van der Waals surface area contributed by atoms with E-state index in [9.17, 15) is 4.79 Å². The molecule has 0 spiro atoms. The molecule has 5 rings (SSSR count). The van der Waals surface area contributed by atoms with Crippen molar-refractivity contribution in [3.05, 3.63) is 108 Å². The molecule has 0 radical (unpaired) electrons. The van der Waals surface area contributed by atoms with Crippen molar-refractivity contribution < 1.29 is 13.9 Å². The number of furan rings is 1. The SMILES string of the molecule is COc1ccc([C@H]2Nc3ccccc3C(=O)N2Cc2ccco2)cc1CSc1ccccn1. The van der Waals surface area contributed by atoms with Crippen LogP contribution in [0.1, 0.15) is 33.4 Å². The zero-order valence-electron chi connectivity index (χ0n) is 18.1. The molecule has 0 unspecified atom stereocenters. The largest absolute Gasteiger partial charge is 0.496 e. The third-order valence-corrected chi connectivity index (χ3v) is 6.55. The lowest BCUT2D eigenvalue weighted by Crippen LogP contribution is -2.42. The summed E-state index contributed by atoms with van der Waals surface area (Å²) in [6.07, 6.45) is 3.07. The standard InChI is InChI=1S/C26H23N3O3S/c1-31-23-12-11-18(15-19(23)17-33-24-10-4-5-13-27-24)25-28-22-9-3-2-8-21(22)26(30)29(25)16-20-7-6-14-32-20/h2-15,25,28H,16-17H2,1H3/t25-/m0/s1. The lowest BCUT2D eigenvalue weighted by atomic mass is 10.0. The fourth-order valence-corrected chi connectivity index (χ4v) is 4.79. The first-order valence-corrected chi connectivity index (χ1v) is 11.6. The van der Waals surface area contributed by atoms with Crippen LogP contribution >= 0.6 is 11.8 Å². The van der Waals surface area contributed by atoms with Crippen molar-refractivity contribution in [2.75, 3.05) is 12.4 Å². The number of benzene rings is 2. The number of methoxy groups -OCH3 is 1. The Bertz CT molecular complexity index is 1240. The highest BCUT2D eigenvalue weighted by atomic mass is 32.2. The summed E-state index contributed by atoms with van der Waals surface area (Å²) < 4.78 is 11.2. The van der Waals surface area contributed by atoms with Gasteiger partial charge in [0.25, 0.3) is 5.91 Å². The van der Waals surface area contributed by atoms with Crippen LogP contribution in [0.25, 0.3) is 0 Å². The number of ether oxygens (including phenoxy) is 1. The van der Waals surface area contributed by atoms with Crippen LogP contribution in [0.15, 0.2) is 94.7 Å². The summed E-state index contributed by atoms with van der Waals surface area (Å²) in [5.74, 6) is 2.20. The maximum atomic E-state index is 13.5. The van der Waals surface area contributed by atoms with Crippen molar-refractivity contribution in [2.45, 2.75) is 23.5 Å². The number of hydrogen-bond acceptors (Lipinski definition) is 6. The van der Waals surface area contributed by atoms with Gasteiger partial charge in [0.05, 0.1) is 30.5 Å². The number of carbonyl (C=O) groups excluding carboxylic acids is 1. The molecular formula is C26H23N3O3S. The summed E-state index contributed by atoms with van der Waals surface area (Å²) in [5.41, 5.74) is 3.49. The van der Waals surface area contributed by atoms with E-state index in [0.717, 1.165) is 33.4 Å². The van der Waals surface area contributed by atoms with Gasteiger partial charge in [-0.3, -0.25) is 4.79 Å². The molecule has 0 fully saturated rings. The highest BCUT2D eigenvalue weighted by Crippen LogP contribution is 2.36. The topological polar surface area (TPSA) is 67.6 Å². The van der Waals surface area contributed by atoms with E-state index < -0.39 is 0 Å². The average molecular weight is 458 g/mol. The number of pyridine rings is 1. The number of fused-ring (bicyclic) bond motifs is 1. The van der Waals surface area contributed by atoms with Crippen molar-refractivity contribution in [2.24, 2.45) is 0 Å². The number of thioether (sulfide) groups is 1. The Morgan fingerprint density at radius 3 is 2.76 bits per heavy atom. The maximum Gasteiger partial charge on any atom is 0.258 e. The summed E-state index contributed by atoms with van der Waals surface area (Å²) in [6, 6.07) is 23.2. The second-order valence-corrected chi connectivity index (χ2v) is 8.63. The molecule has 2 aromatic heterocycles. The molecule has 1 N–H and O–H groups in total. The summed E-state index contributed by atoms with van der Waals surface area (Å²) in [6.45, 7) is 0.363. The molecule has 7 heteroatoms. The van der Waals surface area contributed by atoms with Gasteiger partial charge in [-0.25, -0.2) is 4.98 Å². The Morgan fingerprint density at radius 1 is 1.09 bits per heavy atom. The van der Waals surface area contributed by atoms with E-state index >= 15 is 0 Å². The van der Waals surface area contributed by atoms with Crippen LogP contribution < -0.4 is 10.1 Å². The number of carbonyl (C=O) groups is 1. The van der Waals surface area contributed by atoms with Crippen LogP contribution in [0.3, 0.4) is 0 Å². The molecule has 0 saturated heterocycles. The van der Waals surface area contributed by atoms with Crippen LogP contribution in [0.2, 0.25) is 0 Å². The predicted molar refractivity (Wildman–Crippen MR) is 128 cm³/mol. The second kappa shape index (κ2) is 9.42. The zero-order chi connectivity index (χ0) is 22.6. The van der Waals surface area contributed by atoms with Crippen molar-refractivity contribution in [3.63, 3.8) is 0 Å². The zero-order valence-corrected chi connectivity index (χ0v) is 18.9. The van der Waals surface area contributed by atoms with Gasteiger partial charge in [-0.05, 0) is 54.1 Å². The third kappa shape index (κ3) is 4.45. The molecule has 4 aromatic rings. The molecule has 0 saturated carbocycles. The molecule has 6 nitrogen and oxygen atoms in total. The van der Waals surface area contributed by atoms with Gasteiger partial charge in [0.1, 0.15) is 17.7 Å². The first-order chi connectivity index (χ1) is 16.2. The minimum absolute atomic E-state index is 0.0361. The number of anilines is 1. The van der Waals surface area contributed by atoms with Gasteiger partial charge in [-0.1, -0.05) is 24.3 Å². The first kappa shape index (κ1) is 21.2. The van der Waals surface area contributed by atoms with E-state index in [2.05, 4.69) is 16.4 Å². The number of nitrogens with one attached hydrogen (secondary N) is 1. The molecule has 33 heavy (non-hydrogen) atoms. The van der Waals surface area contributed by atoms with Crippen molar-refractivity contribution in [3.8, 4) is 5.75 Å². The van der Waals surface area contributed by atoms with E-state index in [1.165, 1.54) is 0 Å². The number of rotatable bonds is 7. The van der Waals surface area contributed by atoms with Gasteiger partial charge >= 0.3 is 0 Å². The van der Waals surface area contributed by atoms with E-state index in [1.54, 1.807) is 36.2 Å². The summed E-state index contributed by atoms with van der Waals surface area (Å²) in [4.78, 5) is 19.7. The van der Waals surface area contributed by atoms with Gasteiger partial charge < -0.3 is 19.4 Å². The van der Waals surface area contributed by atoms with Gasteiger partial charge in [0.15, 0.2) is 0 Å². The summed E-state index contributed by atoms with van der Waals surface area (Å²) in [5, 5.41) is 4.50. The quantitative estimate of drug-likeness (QED) is 0.357. The highest BCUT2D eigenvalue weighted by Gasteiger charge is 2.33. The van der Waals surface area contributed by atoms with Crippen molar-refractivity contribution in [1.29, 1.82) is 0 Å². The van der Waals surface area contributed by atoms with Crippen LogP contribution in [0, 0.1) is 0 Å². The minimum Gasteiger partial charge on any atom is -0.496 e. The molecule has 1 aliphatic rings. The monoisotopic (exact) mass is 457 g/mol. The Hall–Kier alpha value is -3.71. The third-order valence-electron chi connectivity index (χ3n) is 5.56. The maximum absolute atomic E-state index is 13.5. The van der Waals surface area contributed by atoms with Crippen LogP contribution in [0.5, 0.6) is 5.75 Å². The number of para-hydroxylation sites is 1. The number of aromatic nitrogens is 1. The molecule has 1 aliphatic heterocycles. The molecule has 2 aromatic carbocycles. The lowest BCUT2D eigenvalue weighted by molar-refractivity contribution is 0.0651. The molecule has 3 heterocycles. The number of amides is 1. The van der Waals surface area contributed by atoms with Gasteiger partial charge in [-0.2, -0.15) is 0 Å². The fourth-order valence-electron chi connectivity index (χ4n) is 3.96. The average Bonchev–Trinajstić information content (AvgIpc) is 3.38. The van der Waals surface area contributed by atoms with E-state index in [4.69, 9.17) is 9.15 Å². The summed E-state index contributed by atoms with van der Waals surface area (Å²) >= 11 is 1.65. The van der Waals surface area contributed by atoms with E-state index in [-0.39, 0.29) is 12.1 Å². The van der Waals surface area contributed by atoms with E-state index in [0.29, 0.717) is 17.9 Å². The van der Waals surface area contributed by atoms with Crippen LogP contribution in [-0.4, -0.2) is 22.9 Å². The van der Waals surface area contributed by atoms with Crippen LogP contribution in [-0.2, 0) is 12.3 Å². The van der Waals surface area contributed by atoms with Gasteiger partial charge in [-0.15, -0.1) is 11.8 Å².